The van der Waals surface area contributed by atoms with Gasteiger partial charge in [-0.25, -0.2) is 9.78 Å². The summed E-state index contributed by atoms with van der Waals surface area (Å²) in [5.41, 5.74) is -0.377. The molecule has 3 rings (SSSR count). The van der Waals surface area contributed by atoms with Gasteiger partial charge in [-0.3, -0.25) is 0 Å². The van der Waals surface area contributed by atoms with Crippen LogP contribution >= 0.6 is 11.6 Å². The highest BCUT2D eigenvalue weighted by atomic mass is 35.5. The number of urea groups is 1. The van der Waals surface area contributed by atoms with Crippen molar-refractivity contribution in [2.45, 2.75) is 38.7 Å². The Kier molecular flexibility index (Phi) is 6.60. The largest absolute Gasteiger partial charge is 0.417 e. The van der Waals surface area contributed by atoms with Crippen LogP contribution in [0.3, 0.4) is 0 Å². The molecule has 2 atom stereocenters. The number of aromatic nitrogens is 1. The second-order valence-corrected chi connectivity index (χ2v) is 7.84. The standard InChI is InChI=1S/C21H21ClF3N5O/c1-13-12-30(20(31)27-10-16-4-3-5-19(22)28-16)14(2)11-29(13)17-7-6-15(9-26)18(8-17)21(23,24)25/h3-8,13-14H,10-12H2,1-2H3,(H,27,31). The normalized spacial score (nSPS) is 19.1. The van der Waals surface area contributed by atoms with Gasteiger partial charge in [0, 0.05) is 30.9 Å². The first kappa shape index (κ1) is 22.7. The molecule has 0 saturated carbocycles. The molecule has 6 nitrogen and oxygen atoms in total. The van der Waals surface area contributed by atoms with Crippen molar-refractivity contribution < 1.29 is 18.0 Å². The molecular weight excluding hydrogens is 431 g/mol. The Morgan fingerprint density at radius 3 is 2.65 bits per heavy atom. The summed E-state index contributed by atoms with van der Waals surface area (Å²) in [6.07, 6.45) is -4.62. The maximum atomic E-state index is 13.3. The van der Waals surface area contributed by atoms with Gasteiger partial charge in [0.25, 0.3) is 0 Å². The smallest absolute Gasteiger partial charge is 0.365 e. The quantitative estimate of drug-likeness (QED) is 0.700. The van der Waals surface area contributed by atoms with E-state index in [1.807, 2.05) is 18.7 Å². The van der Waals surface area contributed by atoms with E-state index < -0.39 is 17.3 Å². The zero-order valence-electron chi connectivity index (χ0n) is 16.9. The van der Waals surface area contributed by atoms with Gasteiger partial charge >= 0.3 is 12.2 Å². The SMILES string of the molecule is CC1CN(c2ccc(C#N)c(C(F)(F)F)c2)C(C)CN1C(=O)NCc1cccc(Cl)n1. The molecular formula is C21H21ClF3N5O. The van der Waals surface area contributed by atoms with Crippen LogP contribution in [0.15, 0.2) is 36.4 Å². The second-order valence-electron chi connectivity index (χ2n) is 7.45. The minimum absolute atomic E-state index is 0.214. The van der Waals surface area contributed by atoms with E-state index in [2.05, 4.69) is 10.3 Å². The van der Waals surface area contributed by atoms with Crippen molar-refractivity contribution >= 4 is 23.3 Å². The topological polar surface area (TPSA) is 72.3 Å². The minimum atomic E-state index is -4.62. The number of nitriles is 1. The number of carbonyl (C=O) groups is 1. The van der Waals surface area contributed by atoms with E-state index >= 15 is 0 Å². The molecule has 2 aromatic rings. The molecule has 0 spiro atoms. The van der Waals surface area contributed by atoms with Gasteiger partial charge in [-0.05, 0) is 44.2 Å². The van der Waals surface area contributed by atoms with Crippen molar-refractivity contribution in [1.29, 1.82) is 5.26 Å². The summed E-state index contributed by atoms with van der Waals surface area (Å²) in [4.78, 5) is 20.3. The van der Waals surface area contributed by atoms with Crippen LogP contribution in [0.2, 0.25) is 5.15 Å². The van der Waals surface area contributed by atoms with Crippen molar-refractivity contribution in [2.75, 3.05) is 18.0 Å². The Bertz CT molecular complexity index is 1010. The van der Waals surface area contributed by atoms with Crippen LogP contribution in [0.5, 0.6) is 0 Å². The highest BCUT2D eigenvalue weighted by Gasteiger charge is 2.36. The maximum absolute atomic E-state index is 13.3. The van der Waals surface area contributed by atoms with Crippen molar-refractivity contribution in [3.05, 3.63) is 58.4 Å². The lowest BCUT2D eigenvalue weighted by Gasteiger charge is -2.45. The van der Waals surface area contributed by atoms with Gasteiger partial charge in [-0.1, -0.05) is 17.7 Å². The van der Waals surface area contributed by atoms with Gasteiger partial charge < -0.3 is 15.1 Å². The number of hydrogen-bond acceptors (Lipinski definition) is 4. The van der Waals surface area contributed by atoms with Crippen LogP contribution in [0.1, 0.15) is 30.7 Å². The number of hydrogen-bond donors (Lipinski definition) is 1. The first-order valence-corrected chi connectivity index (χ1v) is 10.0. The Balaban J connectivity index is 1.71. The number of alkyl halides is 3. The Morgan fingerprint density at radius 2 is 2.00 bits per heavy atom. The number of rotatable bonds is 3. The third-order valence-electron chi connectivity index (χ3n) is 5.20. The molecule has 1 aliphatic rings. The highest BCUT2D eigenvalue weighted by Crippen LogP contribution is 2.35. The number of amides is 2. The van der Waals surface area contributed by atoms with Crippen LogP contribution in [0, 0.1) is 11.3 Å². The van der Waals surface area contributed by atoms with Crippen LogP contribution < -0.4 is 10.2 Å². The molecule has 0 aliphatic carbocycles. The summed E-state index contributed by atoms with van der Waals surface area (Å²) in [7, 11) is 0. The molecule has 0 radical (unpaired) electrons. The summed E-state index contributed by atoms with van der Waals surface area (Å²) in [5, 5.41) is 12.1. The summed E-state index contributed by atoms with van der Waals surface area (Å²) < 4.78 is 40.0. The molecule has 1 aromatic carbocycles. The van der Waals surface area contributed by atoms with Gasteiger partial charge in [-0.2, -0.15) is 18.4 Å². The number of nitrogens with one attached hydrogen (secondary N) is 1. The second kappa shape index (κ2) is 9.02. The van der Waals surface area contributed by atoms with E-state index in [1.165, 1.54) is 12.1 Å². The van der Waals surface area contributed by atoms with E-state index in [9.17, 15) is 18.0 Å². The minimum Gasteiger partial charge on any atom is -0.365 e. The number of carbonyl (C=O) groups excluding carboxylic acids is 1. The van der Waals surface area contributed by atoms with Crippen molar-refractivity contribution in [3.8, 4) is 6.07 Å². The lowest BCUT2D eigenvalue weighted by atomic mass is 10.0. The highest BCUT2D eigenvalue weighted by molar-refractivity contribution is 6.29. The van der Waals surface area contributed by atoms with Gasteiger partial charge in [0.15, 0.2) is 0 Å². The van der Waals surface area contributed by atoms with Crippen molar-refractivity contribution in [1.82, 2.24) is 15.2 Å². The fourth-order valence-electron chi connectivity index (χ4n) is 3.63. The summed E-state index contributed by atoms with van der Waals surface area (Å²) in [6.45, 7) is 4.58. The van der Waals surface area contributed by atoms with Gasteiger partial charge in [0.05, 0.1) is 29.4 Å². The van der Waals surface area contributed by atoms with Crippen LogP contribution in [-0.2, 0) is 12.7 Å². The molecule has 1 aromatic heterocycles. The summed E-state index contributed by atoms with van der Waals surface area (Å²) in [6, 6.07) is 9.68. The molecule has 1 saturated heterocycles. The molecule has 0 bridgehead atoms. The fourth-order valence-corrected chi connectivity index (χ4v) is 3.81. The lowest BCUT2D eigenvalue weighted by Crippen LogP contribution is -2.60. The number of pyridine rings is 1. The zero-order chi connectivity index (χ0) is 22.8. The third-order valence-corrected chi connectivity index (χ3v) is 5.41. The predicted octanol–water partition coefficient (Wildman–Crippen LogP) is 4.43. The molecule has 1 fully saturated rings. The average molecular weight is 452 g/mol. The zero-order valence-corrected chi connectivity index (χ0v) is 17.7. The van der Waals surface area contributed by atoms with Gasteiger partial charge in [0.2, 0.25) is 0 Å². The van der Waals surface area contributed by atoms with Crippen molar-refractivity contribution in [3.63, 3.8) is 0 Å². The Hall–Kier alpha value is -2.99. The Labute approximate surface area is 183 Å². The lowest BCUT2D eigenvalue weighted by molar-refractivity contribution is -0.137. The van der Waals surface area contributed by atoms with E-state index in [4.69, 9.17) is 16.9 Å². The molecule has 10 heteroatoms. The van der Waals surface area contributed by atoms with Crippen molar-refractivity contribution in [2.24, 2.45) is 0 Å². The van der Waals surface area contributed by atoms with Gasteiger partial charge in [0.1, 0.15) is 5.15 Å². The van der Waals surface area contributed by atoms with E-state index in [0.717, 1.165) is 6.07 Å². The third kappa shape index (κ3) is 5.20. The van der Waals surface area contributed by atoms with Crippen LogP contribution in [0.25, 0.3) is 0 Å². The van der Waals surface area contributed by atoms with Crippen LogP contribution in [-0.4, -0.2) is 41.1 Å². The van der Waals surface area contributed by atoms with E-state index in [-0.39, 0.29) is 24.7 Å². The Morgan fingerprint density at radius 1 is 1.26 bits per heavy atom. The van der Waals surface area contributed by atoms with E-state index in [1.54, 1.807) is 29.2 Å². The fraction of sp³-hybridized carbons (Fsp3) is 0.381. The monoisotopic (exact) mass is 451 g/mol. The molecule has 2 amide bonds. The number of halogens is 4. The predicted molar refractivity (Wildman–Crippen MR) is 111 cm³/mol. The number of nitrogens with zero attached hydrogens (tertiary/aromatic N) is 4. The maximum Gasteiger partial charge on any atom is 0.417 e. The number of piperazine rings is 1. The number of anilines is 1. The molecule has 31 heavy (non-hydrogen) atoms. The molecule has 1 aliphatic heterocycles. The molecule has 2 heterocycles. The first-order valence-electron chi connectivity index (χ1n) is 9.64. The average Bonchev–Trinajstić information content (AvgIpc) is 2.72. The summed E-state index contributed by atoms with van der Waals surface area (Å²) in [5.74, 6) is 0. The molecule has 164 valence electrons. The number of benzene rings is 1. The molecule has 1 N–H and O–H groups in total. The van der Waals surface area contributed by atoms with Crippen LogP contribution in [0.4, 0.5) is 23.7 Å². The van der Waals surface area contributed by atoms with Gasteiger partial charge in [-0.15, -0.1) is 0 Å². The van der Waals surface area contributed by atoms with E-state index in [0.29, 0.717) is 29.6 Å². The molecule has 2 unspecified atom stereocenters. The summed E-state index contributed by atoms with van der Waals surface area (Å²) >= 11 is 5.86. The first-order chi connectivity index (χ1) is 14.6.